The minimum absolute atomic E-state index is 0.237. The highest BCUT2D eigenvalue weighted by Crippen LogP contribution is 2.36. The van der Waals surface area contributed by atoms with Crippen molar-refractivity contribution in [1.29, 1.82) is 0 Å². The molecule has 7 heteroatoms. The van der Waals surface area contributed by atoms with E-state index in [4.69, 9.17) is 5.11 Å². The predicted molar refractivity (Wildman–Crippen MR) is 70.4 cm³/mol. The Bertz CT molecular complexity index is 625. The third-order valence-electron chi connectivity index (χ3n) is 3.50. The van der Waals surface area contributed by atoms with E-state index in [2.05, 4.69) is 4.72 Å². The zero-order chi connectivity index (χ0) is 14.9. The molecule has 110 valence electrons. The molecule has 1 atom stereocenters. The van der Waals surface area contributed by atoms with Gasteiger partial charge in [0.15, 0.2) is 0 Å². The van der Waals surface area contributed by atoms with Crippen molar-refractivity contribution < 1.29 is 22.7 Å². The van der Waals surface area contributed by atoms with Crippen LogP contribution in [0.1, 0.15) is 30.1 Å². The monoisotopic (exact) mass is 301 g/mol. The normalized spacial score (nSPS) is 16.9. The lowest BCUT2D eigenvalue weighted by Gasteiger charge is -2.12. The molecule has 1 saturated carbocycles. The van der Waals surface area contributed by atoms with Gasteiger partial charge < -0.3 is 5.11 Å². The number of aromatic carboxylic acids is 1. The SMILES string of the molecule is CC(CNS(=O)(=O)c1ccc(F)c(C(=O)O)c1)C1CC1. The van der Waals surface area contributed by atoms with Gasteiger partial charge >= 0.3 is 5.97 Å². The van der Waals surface area contributed by atoms with Crippen molar-refractivity contribution in [1.82, 2.24) is 4.72 Å². The maximum absolute atomic E-state index is 13.2. The number of halogens is 1. The summed E-state index contributed by atoms with van der Waals surface area (Å²) in [6.07, 6.45) is 2.23. The average molecular weight is 301 g/mol. The first-order valence-electron chi connectivity index (χ1n) is 6.34. The Morgan fingerprint density at radius 2 is 2.15 bits per heavy atom. The molecule has 20 heavy (non-hydrogen) atoms. The van der Waals surface area contributed by atoms with Crippen LogP contribution in [0.25, 0.3) is 0 Å². The molecule has 0 heterocycles. The van der Waals surface area contributed by atoms with E-state index >= 15 is 0 Å². The van der Waals surface area contributed by atoms with Crippen LogP contribution in [0.2, 0.25) is 0 Å². The summed E-state index contributed by atoms with van der Waals surface area (Å²) in [6, 6.07) is 2.75. The minimum atomic E-state index is -3.81. The maximum Gasteiger partial charge on any atom is 0.338 e. The summed E-state index contributed by atoms with van der Waals surface area (Å²) in [5.41, 5.74) is -0.650. The number of rotatable bonds is 6. The topological polar surface area (TPSA) is 83.5 Å². The van der Waals surface area contributed by atoms with Gasteiger partial charge in [0.2, 0.25) is 10.0 Å². The summed E-state index contributed by atoms with van der Waals surface area (Å²) in [5.74, 6) is -1.65. The minimum Gasteiger partial charge on any atom is -0.478 e. The van der Waals surface area contributed by atoms with Crippen LogP contribution in [0, 0.1) is 17.7 Å². The van der Waals surface area contributed by atoms with E-state index in [0.29, 0.717) is 12.5 Å². The number of carbonyl (C=O) groups is 1. The van der Waals surface area contributed by atoms with E-state index in [-0.39, 0.29) is 10.8 Å². The fourth-order valence-electron chi connectivity index (χ4n) is 1.99. The van der Waals surface area contributed by atoms with Gasteiger partial charge in [-0.2, -0.15) is 0 Å². The van der Waals surface area contributed by atoms with Gasteiger partial charge in [0.25, 0.3) is 0 Å². The average Bonchev–Trinajstić information content (AvgIpc) is 3.20. The summed E-state index contributed by atoms with van der Waals surface area (Å²) in [6.45, 7) is 2.26. The van der Waals surface area contributed by atoms with Crippen molar-refractivity contribution >= 4 is 16.0 Å². The molecule has 2 rings (SSSR count). The van der Waals surface area contributed by atoms with Crippen molar-refractivity contribution in [2.45, 2.75) is 24.7 Å². The largest absolute Gasteiger partial charge is 0.478 e. The predicted octanol–water partition coefficient (Wildman–Crippen LogP) is 1.85. The van der Waals surface area contributed by atoms with Gasteiger partial charge in [-0.1, -0.05) is 6.92 Å². The van der Waals surface area contributed by atoms with E-state index in [1.165, 1.54) is 0 Å². The first-order valence-corrected chi connectivity index (χ1v) is 7.82. The molecule has 1 aromatic rings. The highest BCUT2D eigenvalue weighted by molar-refractivity contribution is 7.89. The van der Waals surface area contributed by atoms with Crippen molar-refractivity contribution in [2.75, 3.05) is 6.54 Å². The van der Waals surface area contributed by atoms with Crippen molar-refractivity contribution in [3.63, 3.8) is 0 Å². The molecule has 0 saturated heterocycles. The van der Waals surface area contributed by atoms with Crippen molar-refractivity contribution in [3.8, 4) is 0 Å². The van der Waals surface area contributed by atoms with Crippen LogP contribution >= 0.6 is 0 Å². The van der Waals surface area contributed by atoms with E-state index < -0.39 is 27.4 Å². The molecule has 1 aromatic carbocycles. The Morgan fingerprint density at radius 3 is 2.70 bits per heavy atom. The van der Waals surface area contributed by atoms with E-state index in [1.54, 1.807) is 0 Å². The summed E-state index contributed by atoms with van der Waals surface area (Å²) in [5, 5.41) is 8.80. The molecule has 0 bridgehead atoms. The third-order valence-corrected chi connectivity index (χ3v) is 4.92. The summed E-state index contributed by atoms with van der Waals surface area (Å²) in [7, 11) is -3.81. The van der Waals surface area contributed by atoms with Crippen molar-refractivity contribution in [2.24, 2.45) is 11.8 Å². The summed E-state index contributed by atoms with van der Waals surface area (Å²) >= 11 is 0. The van der Waals surface area contributed by atoms with Gasteiger partial charge in [-0.15, -0.1) is 0 Å². The zero-order valence-electron chi connectivity index (χ0n) is 11.0. The number of carboxylic acids is 1. The quantitative estimate of drug-likeness (QED) is 0.840. The number of carboxylic acid groups (broad SMARTS) is 1. The first kappa shape index (κ1) is 14.9. The molecule has 1 fully saturated rings. The number of hydrogen-bond donors (Lipinski definition) is 2. The van der Waals surface area contributed by atoms with Gasteiger partial charge in [-0.3, -0.25) is 0 Å². The molecular weight excluding hydrogens is 285 g/mol. The van der Waals surface area contributed by atoms with Crippen LogP contribution in [0.15, 0.2) is 23.1 Å². The first-order chi connectivity index (χ1) is 9.31. The molecule has 0 aliphatic heterocycles. The van der Waals surface area contributed by atoms with Crippen LogP contribution in [-0.2, 0) is 10.0 Å². The Kier molecular flexibility index (Phi) is 4.10. The van der Waals surface area contributed by atoms with Crippen LogP contribution in [-0.4, -0.2) is 26.0 Å². The molecule has 1 aliphatic carbocycles. The highest BCUT2D eigenvalue weighted by atomic mass is 32.2. The number of benzene rings is 1. The fourth-order valence-corrected chi connectivity index (χ4v) is 3.16. The number of nitrogens with one attached hydrogen (secondary N) is 1. The molecule has 1 unspecified atom stereocenters. The van der Waals surface area contributed by atoms with Crippen LogP contribution < -0.4 is 4.72 Å². The van der Waals surface area contributed by atoms with Gasteiger partial charge in [0.05, 0.1) is 10.5 Å². The molecule has 0 aromatic heterocycles. The Balaban J connectivity index is 2.16. The van der Waals surface area contributed by atoms with Gasteiger partial charge in [0, 0.05) is 6.54 Å². The second-order valence-electron chi connectivity index (χ2n) is 5.11. The smallest absolute Gasteiger partial charge is 0.338 e. The van der Waals surface area contributed by atoms with Crippen LogP contribution in [0.3, 0.4) is 0 Å². The van der Waals surface area contributed by atoms with Gasteiger partial charge in [-0.25, -0.2) is 22.3 Å². The van der Waals surface area contributed by atoms with Gasteiger partial charge in [0.1, 0.15) is 5.82 Å². The second kappa shape index (κ2) is 5.49. The van der Waals surface area contributed by atoms with E-state index in [1.807, 2.05) is 6.92 Å². The second-order valence-corrected chi connectivity index (χ2v) is 6.88. The number of sulfonamides is 1. The number of hydrogen-bond acceptors (Lipinski definition) is 3. The maximum atomic E-state index is 13.2. The summed E-state index contributed by atoms with van der Waals surface area (Å²) < 4.78 is 39.8. The Morgan fingerprint density at radius 1 is 1.50 bits per heavy atom. The third kappa shape index (κ3) is 3.34. The molecule has 2 N–H and O–H groups in total. The van der Waals surface area contributed by atoms with Gasteiger partial charge in [-0.05, 0) is 42.9 Å². The molecule has 5 nitrogen and oxygen atoms in total. The lowest BCUT2D eigenvalue weighted by atomic mass is 10.1. The van der Waals surface area contributed by atoms with E-state index in [9.17, 15) is 17.6 Å². The lowest BCUT2D eigenvalue weighted by molar-refractivity contribution is 0.0691. The fraction of sp³-hybridized carbons (Fsp3) is 0.462. The van der Waals surface area contributed by atoms with E-state index in [0.717, 1.165) is 31.0 Å². The highest BCUT2D eigenvalue weighted by Gasteiger charge is 2.29. The zero-order valence-corrected chi connectivity index (χ0v) is 11.8. The molecule has 0 amide bonds. The molecule has 0 spiro atoms. The standard InChI is InChI=1S/C13H16FNO4S/c1-8(9-2-3-9)7-15-20(18,19)10-4-5-12(14)11(6-10)13(16)17/h4-6,8-9,15H,2-3,7H2,1H3,(H,16,17). The molecule has 0 radical (unpaired) electrons. The summed E-state index contributed by atoms with van der Waals surface area (Å²) in [4.78, 5) is 10.6. The molecular formula is C13H16FNO4S. The van der Waals surface area contributed by atoms with Crippen molar-refractivity contribution in [3.05, 3.63) is 29.6 Å². The van der Waals surface area contributed by atoms with Crippen LogP contribution in [0.4, 0.5) is 4.39 Å². The lowest BCUT2D eigenvalue weighted by Crippen LogP contribution is -2.29. The Labute approximate surface area is 116 Å². The Hall–Kier alpha value is -1.47. The molecule has 1 aliphatic rings. The van der Waals surface area contributed by atoms with Crippen LogP contribution in [0.5, 0.6) is 0 Å².